The molecular formula is C24H42N2O8. The van der Waals surface area contributed by atoms with Gasteiger partial charge < -0.3 is 35.4 Å². The summed E-state index contributed by atoms with van der Waals surface area (Å²) in [6, 6.07) is -0.978. The van der Waals surface area contributed by atoms with Gasteiger partial charge in [0.1, 0.15) is 31.0 Å². The highest BCUT2D eigenvalue weighted by Crippen LogP contribution is 2.24. The molecule has 0 aromatic rings. The van der Waals surface area contributed by atoms with Crippen molar-refractivity contribution in [3.63, 3.8) is 0 Å². The van der Waals surface area contributed by atoms with Gasteiger partial charge in [-0.25, -0.2) is 0 Å². The van der Waals surface area contributed by atoms with Crippen molar-refractivity contribution in [1.29, 1.82) is 0 Å². The molecule has 196 valence electrons. The number of ether oxygens (including phenoxy) is 2. The molecule has 1 saturated carbocycles. The monoisotopic (exact) mass is 486 g/mol. The van der Waals surface area contributed by atoms with Crippen molar-refractivity contribution >= 4 is 17.8 Å². The Bertz CT molecular complexity index is 685. The van der Waals surface area contributed by atoms with E-state index in [0.29, 0.717) is 0 Å². The summed E-state index contributed by atoms with van der Waals surface area (Å²) in [6.07, 6.45) is 1.51. The smallest absolute Gasteiger partial charge is 0.308 e. The molecule has 1 fully saturated rings. The summed E-state index contributed by atoms with van der Waals surface area (Å²) in [7, 11) is 1.17. The number of aliphatic hydroxyl groups is 3. The van der Waals surface area contributed by atoms with Gasteiger partial charge in [-0.1, -0.05) is 52.2 Å². The first-order valence-electron chi connectivity index (χ1n) is 11.9. The summed E-state index contributed by atoms with van der Waals surface area (Å²) in [5, 5.41) is 35.7. The lowest BCUT2D eigenvalue weighted by Crippen LogP contribution is -2.55. The van der Waals surface area contributed by atoms with E-state index in [0.717, 1.165) is 32.1 Å². The van der Waals surface area contributed by atoms with E-state index >= 15 is 0 Å². The van der Waals surface area contributed by atoms with Gasteiger partial charge in [-0.15, -0.1) is 0 Å². The van der Waals surface area contributed by atoms with Crippen LogP contribution in [0.2, 0.25) is 0 Å². The quantitative estimate of drug-likeness (QED) is 0.151. The van der Waals surface area contributed by atoms with Crippen molar-refractivity contribution in [2.24, 2.45) is 11.3 Å². The number of allylic oxidation sites excluding steroid dienone is 1. The minimum absolute atomic E-state index is 0.0350. The van der Waals surface area contributed by atoms with Crippen LogP contribution in [-0.2, 0) is 23.9 Å². The zero-order valence-corrected chi connectivity index (χ0v) is 21.0. The van der Waals surface area contributed by atoms with E-state index in [1.807, 2.05) is 20.8 Å². The summed E-state index contributed by atoms with van der Waals surface area (Å²) in [6.45, 7) is 7.27. The van der Waals surface area contributed by atoms with Crippen LogP contribution in [-0.4, -0.2) is 83.8 Å². The Labute approximate surface area is 202 Å². The van der Waals surface area contributed by atoms with Crippen LogP contribution in [0.25, 0.3) is 0 Å². The Balaban J connectivity index is 2.47. The van der Waals surface area contributed by atoms with Gasteiger partial charge in [0.15, 0.2) is 6.10 Å². The summed E-state index contributed by atoms with van der Waals surface area (Å²) in [4.78, 5) is 36.8. The highest BCUT2D eigenvalue weighted by molar-refractivity contribution is 5.89. The fourth-order valence-electron chi connectivity index (χ4n) is 3.58. The lowest BCUT2D eigenvalue weighted by atomic mass is 9.89. The van der Waals surface area contributed by atoms with Gasteiger partial charge in [-0.2, -0.15) is 0 Å². The molecule has 0 heterocycles. The zero-order valence-electron chi connectivity index (χ0n) is 21.0. The Morgan fingerprint density at radius 1 is 1.03 bits per heavy atom. The second kappa shape index (κ2) is 14.4. The van der Waals surface area contributed by atoms with Crippen LogP contribution in [0.4, 0.5) is 0 Å². The number of nitrogens with one attached hydrogen (secondary N) is 2. The molecule has 0 aromatic carbocycles. The highest BCUT2D eigenvalue weighted by Gasteiger charge is 2.36. The molecule has 0 aliphatic heterocycles. The predicted molar refractivity (Wildman–Crippen MR) is 126 cm³/mol. The van der Waals surface area contributed by atoms with Crippen molar-refractivity contribution in [3.8, 4) is 0 Å². The number of amides is 2. The van der Waals surface area contributed by atoms with E-state index in [-0.39, 0.29) is 30.5 Å². The third-order valence-corrected chi connectivity index (χ3v) is 5.65. The molecule has 10 heteroatoms. The Hall–Kier alpha value is -2.01. The highest BCUT2D eigenvalue weighted by atomic mass is 16.5. The average Bonchev–Trinajstić information content (AvgIpc) is 2.79. The van der Waals surface area contributed by atoms with Crippen LogP contribution in [0.3, 0.4) is 0 Å². The van der Waals surface area contributed by atoms with E-state index in [1.165, 1.54) is 20.1 Å². The summed E-state index contributed by atoms with van der Waals surface area (Å²) >= 11 is 0. The van der Waals surface area contributed by atoms with E-state index in [1.54, 1.807) is 6.08 Å². The van der Waals surface area contributed by atoms with Crippen LogP contribution in [0, 0.1) is 11.3 Å². The molecule has 34 heavy (non-hydrogen) atoms. The Kier molecular flexibility index (Phi) is 12.7. The van der Waals surface area contributed by atoms with Gasteiger partial charge in [0.2, 0.25) is 5.91 Å². The summed E-state index contributed by atoms with van der Waals surface area (Å²) in [5.74, 6) is -1.66. The summed E-state index contributed by atoms with van der Waals surface area (Å²) in [5.41, 5.74) is -0.249. The number of rotatable bonds is 12. The average molecular weight is 487 g/mol. The number of carbonyl (C=O) groups is 3. The lowest BCUT2D eigenvalue weighted by molar-refractivity contribution is -0.150. The molecule has 1 aliphatic rings. The second-order valence-electron chi connectivity index (χ2n) is 9.88. The molecule has 0 bridgehead atoms. The molecule has 0 unspecified atom stereocenters. The molecule has 1 aliphatic carbocycles. The maximum Gasteiger partial charge on any atom is 0.308 e. The molecule has 5 atom stereocenters. The number of aliphatic hydroxyl groups excluding tert-OH is 3. The van der Waals surface area contributed by atoms with E-state index < -0.39 is 42.3 Å². The van der Waals surface area contributed by atoms with Crippen molar-refractivity contribution in [3.05, 3.63) is 12.2 Å². The number of esters is 1. The SMILES string of the molecule is CO[C@@H](C(=O)N[C@@H](C)C(=O)NCCOC(=O)C1CCCCC1)[C@H](O)[C@@H](O)[C@H](O)/C=C/C(C)(C)C. The van der Waals surface area contributed by atoms with E-state index in [9.17, 15) is 29.7 Å². The van der Waals surface area contributed by atoms with Crippen LogP contribution in [0.5, 0.6) is 0 Å². The largest absolute Gasteiger partial charge is 0.464 e. The van der Waals surface area contributed by atoms with Crippen molar-refractivity contribution in [2.75, 3.05) is 20.3 Å². The van der Waals surface area contributed by atoms with Gasteiger partial charge in [0, 0.05) is 7.11 Å². The van der Waals surface area contributed by atoms with Crippen LogP contribution < -0.4 is 10.6 Å². The second-order valence-corrected chi connectivity index (χ2v) is 9.88. The van der Waals surface area contributed by atoms with Crippen LogP contribution in [0.1, 0.15) is 59.8 Å². The topological polar surface area (TPSA) is 154 Å². The third-order valence-electron chi connectivity index (χ3n) is 5.65. The molecule has 5 N–H and O–H groups in total. The number of carbonyl (C=O) groups excluding carboxylic acids is 3. The molecule has 0 radical (unpaired) electrons. The van der Waals surface area contributed by atoms with Crippen molar-refractivity contribution < 1.29 is 39.2 Å². The number of hydrogen-bond acceptors (Lipinski definition) is 8. The van der Waals surface area contributed by atoms with Gasteiger partial charge in [-0.05, 0) is 25.2 Å². The normalized spacial score (nSPS) is 19.6. The lowest BCUT2D eigenvalue weighted by Gasteiger charge is -2.28. The zero-order chi connectivity index (χ0) is 25.9. The minimum Gasteiger partial charge on any atom is -0.464 e. The fourth-order valence-corrected chi connectivity index (χ4v) is 3.58. The van der Waals surface area contributed by atoms with Crippen molar-refractivity contribution in [2.45, 2.75) is 90.3 Å². The molecule has 1 rings (SSSR count). The first-order valence-corrected chi connectivity index (χ1v) is 11.9. The number of hydrogen-bond donors (Lipinski definition) is 5. The third kappa shape index (κ3) is 10.5. The van der Waals surface area contributed by atoms with E-state index in [4.69, 9.17) is 9.47 Å². The molecule has 0 spiro atoms. The minimum atomic E-state index is -1.74. The van der Waals surface area contributed by atoms with Gasteiger partial charge in [0.05, 0.1) is 12.5 Å². The maximum absolute atomic E-state index is 12.5. The first kappa shape index (κ1) is 30.0. The molecule has 0 saturated heterocycles. The van der Waals surface area contributed by atoms with Crippen molar-refractivity contribution in [1.82, 2.24) is 10.6 Å². The van der Waals surface area contributed by atoms with Gasteiger partial charge >= 0.3 is 5.97 Å². The first-order chi connectivity index (χ1) is 15.9. The molecule has 0 aromatic heterocycles. The summed E-state index contributed by atoms with van der Waals surface area (Å²) < 4.78 is 10.2. The fraction of sp³-hybridized carbons (Fsp3) is 0.792. The standard InChI is InChI=1S/C24H42N2O8/c1-15(21(30)25-13-14-34-23(32)16-9-7-6-8-10-16)26-22(31)20(33-5)19(29)18(28)17(27)11-12-24(2,3)4/h11-12,15-20,27-29H,6-10,13-14H2,1-5H3,(H,25,30)(H,26,31)/b12-11+/t15-,17+,18-,19+,20+/m0/s1. The van der Waals surface area contributed by atoms with E-state index in [2.05, 4.69) is 10.6 Å². The number of methoxy groups -OCH3 is 1. The van der Waals surface area contributed by atoms with Crippen LogP contribution >= 0.6 is 0 Å². The Morgan fingerprint density at radius 2 is 1.65 bits per heavy atom. The molecule has 10 nitrogen and oxygen atoms in total. The van der Waals surface area contributed by atoms with Gasteiger partial charge in [-0.3, -0.25) is 14.4 Å². The molecular weight excluding hydrogens is 444 g/mol. The Morgan fingerprint density at radius 3 is 2.21 bits per heavy atom. The predicted octanol–water partition coefficient (Wildman–Crippen LogP) is 0.431. The van der Waals surface area contributed by atoms with Crippen LogP contribution in [0.15, 0.2) is 12.2 Å². The molecule has 2 amide bonds. The maximum atomic E-state index is 12.5. The van der Waals surface area contributed by atoms with Gasteiger partial charge in [0.25, 0.3) is 5.91 Å².